The first-order valence-electron chi connectivity index (χ1n) is 8.96. The van der Waals surface area contributed by atoms with Crippen LogP contribution in [0.4, 0.5) is 10.1 Å². The van der Waals surface area contributed by atoms with E-state index in [-0.39, 0.29) is 36.0 Å². The summed E-state index contributed by atoms with van der Waals surface area (Å²) in [5, 5.41) is 0. The van der Waals surface area contributed by atoms with Crippen LogP contribution in [0.5, 0.6) is 0 Å². The molecule has 2 aliphatic rings. The highest BCUT2D eigenvalue weighted by atomic mass is 19.1. The second-order valence-corrected chi connectivity index (χ2v) is 7.19. The highest BCUT2D eigenvalue weighted by molar-refractivity contribution is 6.01. The lowest BCUT2D eigenvalue weighted by Crippen LogP contribution is -2.41. The Labute approximate surface area is 152 Å². The van der Waals surface area contributed by atoms with Gasteiger partial charge in [-0.1, -0.05) is 30.3 Å². The maximum Gasteiger partial charge on any atom is 0.232 e. The smallest absolute Gasteiger partial charge is 0.232 e. The molecule has 1 fully saturated rings. The number of carbonyl (C=O) groups excluding carboxylic acids is 2. The van der Waals surface area contributed by atoms with Gasteiger partial charge >= 0.3 is 0 Å². The highest BCUT2D eigenvalue weighted by Gasteiger charge is 2.40. The molecule has 0 aromatic heterocycles. The largest absolute Gasteiger partial charge is 0.338 e. The molecule has 0 spiro atoms. The van der Waals surface area contributed by atoms with E-state index in [1.165, 1.54) is 17.7 Å². The number of carbonyl (C=O) groups is 2. The molecule has 26 heavy (non-hydrogen) atoms. The molecule has 2 heterocycles. The summed E-state index contributed by atoms with van der Waals surface area (Å²) in [6.45, 7) is 2.88. The van der Waals surface area contributed by atoms with Crippen LogP contribution in [0.2, 0.25) is 0 Å². The van der Waals surface area contributed by atoms with Crippen molar-refractivity contribution < 1.29 is 14.0 Å². The number of hydrogen-bond donors (Lipinski definition) is 0. The summed E-state index contributed by atoms with van der Waals surface area (Å²) >= 11 is 0. The van der Waals surface area contributed by atoms with Crippen LogP contribution in [0.15, 0.2) is 48.5 Å². The zero-order valence-electron chi connectivity index (χ0n) is 14.7. The molecule has 2 aromatic rings. The molecule has 0 N–H and O–H groups in total. The van der Waals surface area contributed by atoms with Crippen LogP contribution in [0.3, 0.4) is 0 Å². The number of para-hydroxylation sites is 1. The van der Waals surface area contributed by atoms with Crippen molar-refractivity contribution in [3.05, 3.63) is 65.5 Å². The fourth-order valence-corrected chi connectivity index (χ4v) is 4.00. The van der Waals surface area contributed by atoms with Crippen molar-refractivity contribution in [3.8, 4) is 0 Å². The fourth-order valence-electron chi connectivity index (χ4n) is 4.00. The number of likely N-dealkylation sites (tertiary alicyclic amines) is 1. The minimum Gasteiger partial charge on any atom is -0.338 e. The van der Waals surface area contributed by atoms with E-state index < -0.39 is 0 Å². The van der Waals surface area contributed by atoms with E-state index in [4.69, 9.17) is 0 Å². The van der Waals surface area contributed by atoms with E-state index in [1.807, 2.05) is 30.0 Å². The van der Waals surface area contributed by atoms with Gasteiger partial charge in [-0.2, -0.15) is 0 Å². The van der Waals surface area contributed by atoms with Crippen molar-refractivity contribution in [2.75, 3.05) is 11.4 Å². The number of amides is 2. The second kappa shape index (κ2) is 6.56. The zero-order chi connectivity index (χ0) is 18.3. The average molecular weight is 352 g/mol. The Morgan fingerprint density at radius 3 is 2.62 bits per heavy atom. The summed E-state index contributed by atoms with van der Waals surface area (Å²) in [6.07, 6.45) is 1.09. The van der Waals surface area contributed by atoms with Crippen molar-refractivity contribution in [1.82, 2.24) is 4.90 Å². The van der Waals surface area contributed by atoms with Crippen molar-refractivity contribution >= 4 is 17.5 Å². The minimum absolute atomic E-state index is 0.0205. The van der Waals surface area contributed by atoms with Gasteiger partial charge in [0.05, 0.1) is 5.92 Å². The first-order valence-corrected chi connectivity index (χ1v) is 8.96. The highest BCUT2D eigenvalue weighted by Crippen LogP contribution is 2.34. The van der Waals surface area contributed by atoms with Gasteiger partial charge in [0.1, 0.15) is 5.82 Å². The number of nitrogens with zero attached hydrogens (tertiary/aromatic N) is 2. The van der Waals surface area contributed by atoms with Gasteiger partial charge in [-0.15, -0.1) is 0 Å². The predicted molar refractivity (Wildman–Crippen MR) is 97.0 cm³/mol. The first-order chi connectivity index (χ1) is 12.5. The van der Waals surface area contributed by atoms with Crippen molar-refractivity contribution in [3.63, 3.8) is 0 Å². The van der Waals surface area contributed by atoms with Gasteiger partial charge in [0.25, 0.3) is 0 Å². The molecule has 0 bridgehead atoms. The van der Waals surface area contributed by atoms with Crippen LogP contribution in [0.1, 0.15) is 24.5 Å². The number of benzene rings is 2. The molecule has 0 saturated carbocycles. The van der Waals surface area contributed by atoms with Crippen LogP contribution >= 0.6 is 0 Å². The third-order valence-electron chi connectivity index (χ3n) is 5.30. The Hall–Kier alpha value is -2.69. The monoisotopic (exact) mass is 352 g/mol. The molecule has 134 valence electrons. The molecule has 1 saturated heterocycles. The maximum absolute atomic E-state index is 13.1. The summed E-state index contributed by atoms with van der Waals surface area (Å²) < 4.78 is 13.0. The van der Waals surface area contributed by atoms with E-state index in [0.29, 0.717) is 13.1 Å². The Morgan fingerprint density at radius 2 is 1.85 bits per heavy atom. The van der Waals surface area contributed by atoms with Crippen LogP contribution in [0, 0.1) is 11.7 Å². The predicted octanol–water partition coefficient (Wildman–Crippen LogP) is 3.15. The third kappa shape index (κ3) is 2.98. The lowest BCUT2D eigenvalue weighted by Gasteiger charge is -2.26. The number of anilines is 1. The minimum atomic E-state index is -0.323. The molecule has 2 aromatic carbocycles. The van der Waals surface area contributed by atoms with Gasteiger partial charge in [0, 0.05) is 31.2 Å². The fraction of sp³-hybridized carbons (Fsp3) is 0.333. The summed E-state index contributed by atoms with van der Waals surface area (Å²) in [6, 6.07) is 14.2. The van der Waals surface area contributed by atoms with E-state index in [1.54, 1.807) is 17.0 Å². The standard InChI is InChI=1S/C21H21FN2O2/c1-14-10-16-4-2-3-5-19(16)24(14)21(26)17-11-20(25)23(13-17)12-15-6-8-18(22)9-7-15/h2-9,14,17H,10-13H2,1H3. The quantitative estimate of drug-likeness (QED) is 0.851. The molecule has 2 unspecified atom stereocenters. The molecule has 4 rings (SSSR count). The van der Waals surface area contributed by atoms with E-state index >= 15 is 0 Å². The molecular formula is C21H21FN2O2. The van der Waals surface area contributed by atoms with Crippen LogP contribution in [-0.2, 0) is 22.6 Å². The molecule has 2 atom stereocenters. The maximum atomic E-state index is 13.1. The van der Waals surface area contributed by atoms with Crippen molar-refractivity contribution in [2.24, 2.45) is 5.92 Å². The molecular weight excluding hydrogens is 331 g/mol. The summed E-state index contributed by atoms with van der Waals surface area (Å²) in [5.74, 6) is -0.613. The van der Waals surface area contributed by atoms with Gasteiger partial charge in [-0.05, 0) is 42.7 Å². The number of halogens is 1. The summed E-state index contributed by atoms with van der Waals surface area (Å²) in [7, 11) is 0. The Morgan fingerprint density at radius 1 is 1.12 bits per heavy atom. The van der Waals surface area contributed by atoms with E-state index in [2.05, 4.69) is 6.07 Å². The van der Waals surface area contributed by atoms with Crippen molar-refractivity contribution in [1.29, 1.82) is 0 Å². The summed E-state index contributed by atoms with van der Waals surface area (Å²) in [4.78, 5) is 29.0. The van der Waals surface area contributed by atoms with Gasteiger partial charge in [-0.3, -0.25) is 9.59 Å². The molecule has 5 heteroatoms. The average Bonchev–Trinajstić information content (AvgIpc) is 3.16. The van der Waals surface area contributed by atoms with Gasteiger partial charge in [0.2, 0.25) is 11.8 Å². The normalized spacial score (nSPS) is 22.0. The lowest BCUT2D eigenvalue weighted by molar-refractivity contribution is -0.129. The van der Waals surface area contributed by atoms with E-state index in [9.17, 15) is 14.0 Å². The lowest BCUT2D eigenvalue weighted by atomic mass is 10.1. The first kappa shape index (κ1) is 16.8. The van der Waals surface area contributed by atoms with Gasteiger partial charge in [0.15, 0.2) is 0 Å². The van der Waals surface area contributed by atoms with Crippen molar-refractivity contribution in [2.45, 2.75) is 32.4 Å². The second-order valence-electron chi connectivity index (χ2n) is 7.19. The Balaban J connectivity index is 1.48. The van der Waals surface area contributed by atoms with Gasteiger partial charge in [-0.25, -0.2) is 4.39 Å². The molecule has 4 nitrogen and oxygen atoms in total. The molecule has 0 aliphatic carbocycles. The topological polar surface area (TPSA) is 40.6 Å². The van der Waals surface area contributed by atoms with Crippen LogP contribution in [0.25, 0.3) is 0 Å². The number of rotatable bonds is 3. The number of fused-ring (bicyclic) bond motifs is 1. The number of hydrogen-bond acceptors (Lipinski definition) is 2. The Kier molecular flexibility index (Phi) is 4.23. The van der Waals surface area contributed by atoms with E-state index in [0.717, 1.165) is 17.7 Å². The summed E-state index contributed by atoms with van der Waals surface area (Å²) in [5.41, 5.74) is 3.02. The van der Waals surface area contributed by atoms with Gasteiger partial charge < -0.3 is 9.80 Å². The molecule has 2 aliphatic heterocycles. The van der Waals surface area contributed by atoms with Crippen LogP contribution in [-0.4, -0.2) is 29.3 Å². The third-order valence-corrected chi connectivity index (χ3v) is 5.30. The SMILES string of the molecule is CC1Cc2ccccc2N1C(=O)C1CC(=O)N(Cc2ccc(F)cc2)C1. The van der Waals surface area contributed by atoms with Crippen LogP contribution < -0.4 is 4.90 Å². The molecule has 0 radical (unpaired) electrons. The zero-order valence-corrected chi connectivity index (χ0v) is 14.7. The molecule has 2 amide bonds. The Bertz CT molecular complexity index is 849.